The van der Waals surface area contributed by atoms with E-state index in [2.05, 4.69) is 4.90 Å². The van der Waals surface area contributed by atoms with Crippen LogP contribution >= 0.6 is 11.6 Å². The molecule has 3 aromatic rings. The van der Waals surface area contributed by atoms with Crippen molar-refractivity contribution in [3.8, 4) is 5.75 Å². The summed E-state index contributed by atoms with van der Waals surface area (Å²) in [5.41, 5.74) is 1.50. The molecule has 4 nitrogen and oxygen atoms in total. The van der Waals surface area contributed by atoms with Gasteiger partial charge in [-0.1, -0.05) is 66.2 Å². The van der Waals surface area contributed by atoms with Gasteiger partial charge in [0.25, 0.3) is 0 Å². The van der Waals surface area contributed by atoms with Crippen molar-refractivity contribution in [3.63, 3.8) is 0 Å². The molecule has 0 unspecified atom stereocenters. The van der Waals surface area contributed by atoms with Gasteiger partial charge in [0.05, 0.1) is 19.8 Å². The Morgan fingerprint density at radius 3 is 2.19 bits per heavy atom. The van der Waals surface area contributed by atoms with Crippen LogP contribution in [0.25, 0.3) is 0 Å². The minimum Gasteiger partial charge on any atom is -0.494 e. The maximum atomic E-state index is 12.6. The number of nitrogens with zero attached hydrogens (tertiary/aromatic N) is 1. The molecule has 0 saturated carbocycles. The third-order valence-corrected chi connectivity index (χ3v) is 6.39. The fourth-order valence-electron chi connectivity index (χ4n) is 4.45. The monoisotopic (exact) mass is 451 g/mol. The van der Waals surface area contributed by atoms with E-state index in [9.17, 15) is 5.11 Å². The Balaban J connectivity index is 1.82. The van der Waals surface area contributed by atoms with Gasteiger partial charge in [-0.3, -0.25) is 4.90 Å². The number of hydrogen-bond acceptors (Lipinski definition) is 4. The first-order valence-electron chi connectivity index (χ1n) is 11.2. The molecule has 1 saturated heterocycles. The van der Waals surface area contributed by atoms with Crippen molar-refractivity contribution in [2.45, 2.75) is 18.4 Å². The summed E-state index contributed by atoms with van der Waals surface area (Å²) in [5.74, 6) is 0.584. The lowest BCUT2D eigenvalue weighted by molar-refractivity contribution is 0.000751. The number of halogens is 1. The highest BCUT2D eigenvalue weighted by atomic mass is 35.5. The Hall–Kier alpha value is -2.37. The Bertz CT molecular complexity index is 972. The van der Waals surface area contributed by atoms with Gasteiger partial charge >= 0.3 is 0 Å². The number of ether oxygens (including phenoxy) is 2. The van der Waals surface area contributed by atoms with Gasteiger partial charge in [0, 0.05) is 30.6 Å². The van der Waals surface area contributed by atoms with E-state index in [4.69, 9.17) is 21.1 Å². The van der Waals surface area contributed by atoms with Crippen LogP contribution in [-0.2, 0) is 10.3 Å². The van der Waals surface area contributed by atoms with Crippen molar-refractivity contribution in [1.29, 1.82) is 0 Å². The van der Waals surface area contributed by atoms with Crippen molar-refractivity contribution in [1.82, 2.24) is 4.90 Å². The number of hydrogen-bond donors (Lipinski definition) is 1. The van der Waals surface area contributed by atoms with Gasteiger partial charge in [-0.15, -0.1) is 0 Å². The summed E-state index contributed by atoms with van der Waals surface area (Å²) in [6.45, 7) is 6.38. The zero-order chi connectivity index (χ0) is 22.4. The van der Waals surface area contributed by atoms with Crippen LogP contribution in [-0.4, -0.2) is 49.5 Å². The van der Waals surface area contributed by atoms with Crippen LogP contribution in [0.3, 0.4) is 0 Å². The normalized spacial score (nSPS) is 17.5. The first kappa shape index (κ1) is 22.8. The molecule has 2 atom stereocenters. The second-order valence-electron chi connectivity index (χ2n) is 8.11. The molecule has 1 heterocycles. The average Bonchev–Trinajstić information content (AvgIpc) is 2.85. The summed E-state index contributed by atoms with van der Waals surface area (Å²) in [6.07, 6.45) is 0. The average molecular weight is 452 g/mol. The number of benzene rings is 3. The van der Waals surface area contributed by atoms with Gasteiger partial charge in [-0.25, -0.2) is 0 Å². The Kier molecular flexibility index (Phi) is 7.48. The SMILES string of the molecule is CCOc1ccc([C@@](O)(c2ccccc2)[C@H](CN2CCOCC2)c2ccc(Cl)cc2)cc1. The predicted molar refractivity (Wildman–Crippen MR) is 129 cm³/mol. The fraction of sp³-hybridized carbons (Fsp3) is 0.333. The first-order valence-corrected chi connectivity index (χ1v) is 11.6. The number of aliphatic hydroxyl groups is 1. The maximum Gasteiger partial charge on any atom is 0.123 e. The molecule has 0 spiro atoms. The van der Waals surface area contributed by atoms with Crippen LogP contribution < -0.4 is 4.74 Å². The van der Waals surface area contributed by atoms with Crippen LogP contribution in [0.4, 0.5) is 0 Å². The molecule has 32 heavy (non-hydrogen) atoms. The highest BCUT2D eigenvalue weighted by Crippen LogP contribution is 2.43. The molecule has 5 heteroatoms. The van der Waals surface area contributed by atoms with Crippen LogP contribution in [0.1, 0.15) is 29.5 Å². The third-order valence-electron chi connectivity index (χ3n) is 6.14. The van der Waals surface area contributed by atoms with E-state index < -0.39 is 5.60 Å². The van der Waals surface area contributed by atoms with Gasteiger partial charge in [-0.2, -0.15) is 0 Å². The summed E-state index contributed by atoms with van der Waals surface area (Å²) in [6, 6.07) is 25.6. The lowest BCUT2D eigenvalue weighted by atomic mass is 9.72. The van der Waals surface area contributed by atoms with Crippen molar-refractivity contribution in [3.05, 3.63) is 101 Å². The Labute approximate surface area is 195 Å². The molecule has 1 N–H and O–H groups in total. The van der Waals surface area contributed by atoms with Crippen molar-refractivity contribution in [2.24, 2.45) is 0 Å². The quantitative estimate of drug-likeness (QED) is 0.518. The zero-order valence-electron chi connectivity index (χ0n) is 18.4. The highest BCUT2D eigenvalue weighted by Gasteiger charge is 2.42. The van der Waals surface area contributed by atoms with E-state index in [1.807, 2.05) is 85.8 Å². The first-order chi connectivity index (χ1) is 15.6. The largest absolute Gasteiger partial charge is 0.494 e. The van der Waals surface area contributed by atoms with Gasteiger partial charge in [-0.05, 0) is 47.9 Å². The van der Waals surface area contributed by atoms with E-state index in [1.54, 1.807) is 0 Å². The molecule has 0 amide bonds. The molecule has 3 aromatic carbocycles. The summed E-state index contributed by atoms with van der Waals surface area (Å²) in [7, 11) is 0. The summed E-state index contributed by atoms with van der Waals surface area (Å²) in [5, 5.41) is 13.2. The number of rotatable bonds is 8. The lowest BCUT2D eigenvalue weighted by Crippen LogP contribution is -2.45. The molecule has 1 aliphatic heterocycles. The molecular formula is C27H30ClNO3. The van der Waals surface area contributed by atoms with E-state index in [0.717, 1.165) is 35.5 Å². The van der Waals surface area contributed by atoms with Gasteiger partial charge < -0.3 is 14.6 Å². The predicted octanol–water partition coefficient (Wildman–Crippen LogP) is 5.09. The second-order valence-corrected chi connectivity index (χ2v) is 8.54. The van der Waals surface area contributed by atoms with Crippen molar-refractivity contribution >= 4 is 11.6 Å². The van der Waals surface area contributed by atoms with Gasteiger partial charge in [0.2, 0.25) is 0 Å². The van der Waals surface area contributed by atoms with Gasteiger partial charge in [0.15, 0.2) is 0 Å². The third kappa shape index (κ3) is 5.00. The van der Waals surface area contributed by atoms with Crippen LogP contribution in [0.2, 0.25) is 5.02 Å². The van der Waals surface area contributed by atoms with Crippen molar-refractivity contribution in [2.75, 3.05) is 39.5 Å². The Morgan fingerprint density at radius 1 is 0.938 bits per heavy atom. The van der Waals surface area contributed by atoms with E-state index in [-0.39, 0.29) is 5.92 Å². The highest BCUT2D eigenvalue weighted by molar-refractivity contribution is 6.30. The minimum atomic E-state index is -1.24. The standard InChI is InChI=1S/C27H30ClNO3/c1-2-32-25-14-10-23(11-15-25)27(30,22-6-4-3-5-7-22)26(20-29-16-18-31-19-17-29)21-8-12-24(28)13-9-21/h3-15,26,30H,2,16-20H2,1H3/t26-,27+/m1/s1. The van der Waals surface area contributed by atoms with E-state index in [0.29, 0.717) is 31.4 Å². The fourth-order valence-corrected chi connectivity index (χ4v) is 4.57. The van der Waals surface area contributed by atoms with E-state index >= 15 is 0 Å². The molecule has 4 rings (SSSR count). The lowest BCUT2D eigenvalue weighted by Gasteiger charge is -2.41. The molecule has 0 aromatic heterocycles. The molecule has 0 radical (unpaired) electrons. The molecule has 1 fully saturated rings. The molecule has 0 aliphatic carbocycles. The maximum absolute atomic E-state index is 12.6. The molecule has 1 aliphatic rings. The smallest absolute Gasteiger partial charge is 0.123 e. The van der Waals surface area contributed by atoms with E-state index in [1.165, 1.54) is 0 Å². The molecular weight excluding hydrogens is 422 g/mol. The summed E-state index contributed by atoms with van der Waals surface area (Å²) < 4.78 is 11.2. The van der Waals surface area contributed by atoms with Crippen LogP contribution in [0, 0.1) is 0 Å². The number of morpholine rings is 1. The summed E-state index contributed by atoms with van der Waals surface area (Å²) >= 11 is 6.20. The second kappa shape index (κ2) is 10.5. The van der Waals surface area contributed by atoms with Gasteiger partial charge in [0.1, 0.15) is 11.4 Å². The topological polar surface area (TPSA) is 41.9 Å². The van der Waals surface area contributed by atoms with Crippen LogP contribution in [0.5, 0.6) is 5.75 Å². The molecule has 0 bridgehead atoms. The minimum absolute atomic E-state index is 0.210. The zero-order valence-corrected chi connectivity index (χ0v) is 19.2. The molecule has 168 valence electrons. The Morgan fingerprint density at radius 2 is 1.56 bits per heavy atom. The summed E-state index contributed by atoms with van der Waals surface area (Å²) in [4.78, 5) is 2.37. The van der Waals surface area contributed by atoms with Crippen molar-refractivity contribution < 1.29 is 14.6 Å². The van der Waals surface area contributed by atoms with Crippen LogP contribution in [0.15, 0.2) is 78.9 Å².